The van der Waals surface area contributed by atoms with Crippen LogP contribution in [0.4, 0.5) is 0 Å². The first kappa shape index (κ1) is 16.3. The number of carbonyl (C=O) groups is 2. The summed E-state index contributed by atoms with van der Waals surface area (Å²) in [7, 11) is 0. The number of hydrogen-bond donors (Lipinski definition) is 2. The van der Waals surface area contributed by atoms with E-state index in [4.69, 9.17) is 0 Å². The molecule has 2 heterocycles. The van der Waals surface area contributed by atoms with Crippen LogP contribution in [-0.2, 0) is 9.59 Å². The Bertz CT molecular complexity index is 367. The molecule has 0 aromatic rings. The molecule has 2 N–H and O–H groups in total. The molecule has 0 saturated carbocycles. The van der Waals surface area contributed by atoms with E-state index < -0.39 is 0 Å². The van der Waals surface area contributed by atoms with Crippen LogP contribution < -0.4 is 10.6 Å². The van der Waals surface area contributed by atoms with Gasteiger partial charge in [0.25, 0.3) is 0 Å². The van der Waals surface area contributed by atoms with E-state index in [1.807, 2.05) is 4.90 Å². The lowest BCUT2D eigenvalue weighted by Gasteiger charge is -2.34. The van der Waals surface area contributed by atoms with E-state index in [9.17, 15) is 9.59 Å². The van der Waals surface area contributed by atoms with Gasteiger partial charge >= 0.3 is 0 Å². The van der Waals surface area contributed by atoms with Gasteiger partial charge in [-0.25, -0.2) is 0 Å². The second kappa shape index (κ2) is 7.78. The fourth-order valence-corrected chi connectivity index (χ4v) is 3.38. The summed E-state index contributed by atoms with van der Waals surface area (Å²) in [4.78, 5) is 26.7. The summed E-state index contributed by atoms with van der Waals surface area (Å²) in [6, 6.07) is 0.229. The number of amides is 2. The number of nitrogens with one attached hydrogen (secondary N) is 2. The highest BCUT2D eigenvalue weighted by Crippen LogP contribution is 2.21. The van der Waals surface area contributed by atoms with Gasteiger partial charge in [-0.3, -0.25) is 9.59 Å². The summed E-state index contributed by atoms with van der Waals surface area (Å²) in [5.74, 6) is 0.444. The molecule has 0 radical (unpaired) electrons. The molecule has 2 saturated heterocycles. The lowest BCUT2D eigenvalue weighted by atomic mass is 9.95. The van der Waals surface area contributed by atoms with E-state index >= 15 is 0 Å². The van der Waals surface area contributed by atoms with Crippen molar-refractivity contribution in [3.8, 4) is 0 Å². The van der Waals surface area contributed by atoms with E-state index in [1.165, 1.54) is 0 Å². The molecule has 0 aromatic heterocycles. The van der Waals surface area contributed by atoms with Crippen molar-refractivity contribution in [2.24, 2.45) is 11.8 Å². The summed E-state index contributed by atoms with van der Waals surface area (Å²) in [5.41, 5.74) is 0. The van der Waals surface area contributed by atoms with Crippen molar-refractivity contribution < 1.29 is 9.59 Å². The van der Waals surface area contributed by atoms with Gasteiger partial charge in [-0.15, -0.1) is 0 Å². The normalized spacial score (nSPS) is 27.4. The third-order valence-corrected chi connectivity index (χ3v) is 4.62. The summed E-state index contributed by atoms with van der Waals surface area (Å²) in [6.45, 7) is 7.31. The number of nitrogens with zero attached hydrogens (tertiary/aromatic N) is 1. The first-order valence-electron chi connectivity index (χ1n) is 8.41. The predicted molar refractivity (Wildman–Crippen MR) is 82.8 cm³/mol. The molecule has 2 fully saturated rings. The average molecular weight is 295 g/mol. The Labute approximate surface area is 127 Å². The topological polar surface area (TPSA) is 61.4 Å². The minimum atomic E-state index is -0.0311. The van der Waals surface area contributed by atoms with Crippen LogP contribution in [0.15, 0.2) is 0 Å². The van der Waals surface area contributed by atoms with Gasteiger partial charge in [0.05, 0.1) is 11.8 Å². The molecule has 2 amide bonds. The molecule has 0 aromatic carbocycles. The molecule has 3 atom stereocenters. The quantitative estimate of drug-likeness (QED) is 0.799. The van der Waals surface area contributed by atoms with Gasteiger partial charge in [-0.05, 0) is 39.2 Å². The second-order valence-corrected chi connectivity index (χ2v) is 6.51. The zero-order valence-corrected chi connectivity index (χ0v) is 13.4. The van der Waals surface area contributed by atoms with Gasteiger partial charge in [0.15, 0.2) is 0 Å². The highest BCUT2D eigenvalue weighted by molar-refractivity contribution is 5.82. The maximum Gasteiger partial charge on any atom is 0.227 e. The van der Waals surface area contributed by atoms with Crippen LogP contribution in [0.5, 0.6) is 0 Å². The zero-order valence-electron chi connectivity index (χ0n) is 13.4. The van der Waals surface area contributed by atoms with Crippen LogP contribution in [0.1, 0.15) is 46.0 Å². The lowest BCUT2D eigenvalue weighted by molar-refractivity contribution is -0.138. The summed E-state index contributed by atoms with van der Waals surface area (Å²) >= 11 is 0. The molecule has 2 aliphatic heterocycles. The largest absolute Gasteiger partial charge is 0.353 e. The van der Waals surface area contributed by atoms with Gasteiger partial charge in [-0.1, -0.05) is 13.3 Å². The minimum absolute atomic E-state index is 0.0311. The van der Waals surface area contributed by atoms with E-state index in [0.717, 1.165) is 51.7 Å². The molecule has 2 aliphatic rings. The Balaban J connectivity index is 1.84. The van der Waals surface area contributed by atoms with Crippen molar-refractivity contribution in [1.29, 1.82) is 0 Å². The molecular formula is C16H29N3O2. The van der Waals surface area contributed by atoms with Crippen LogP contribution in [0.25, 0.3) is 0 Å². The smallest absolute Gasteiger partial charge is 0.227 e. The molecule has 0 aliphatic carbocycles. The van der Waals surface area contributed by atoms with Gasteiger partial charge in [0.2, 0.25) is 11.8 Å². The third kappa shape index (κ3) is 4.43. The van der Waals surface area contributed by atoms with E-state index in [-0.39, 0.29) is 29.7 Å². The first-order chi connectivity index (χ1) is 10.1. The Morgan fingerprint density at radius 3 is 2.81 bits per heavy atom. The second-order valence-electron chi connectivity index (χ2n) is 6.51. The van der Waals surface area contributed by atoms with Crippen LogP contribution in [-0.4, -0.2) is 48.9 Å². The average Bonchev–Trinajstić information content (AvgIpc) is 3.01. The van der Waals surface area contributed by atoms with Gasteiger partial charge in [-0.2, -0.15) is 0 Å². The van der Waals surface area contributed by atoms with Crippen molar-refractivity contribution >= 4 is 11.8 Å². The number of likely N-dealkylation sites (tertiary alicyclic amines) is 1. The van der Waals surface area contributed by atoms with Gasteiger partial charge < -0.3 is 15.5 Å². The predicted octanol–water partition coefficient (Wildman–Crippen LogP) is 1.14. The van der Waals surface area contributed by atoms with Crippen LogP contribution in [0.2, 0.25) is 0 Å². The highest BCUT2D eigenvalue weighted by atomic mass is 16.2. The van der Waals surface area contributed by atoms with Crippen molar-refractivity contribution in [2.45, 2.75) is 52.0 Å². The summed E-state index contributed by atoms with van der Waals surface area (Å²) < 4.78 is 0. The van der Waals surface area contributed by atoms with Crippen molar-refractivity contribution in [2.75, 3.05) is 26.2 Å². The van der Waals surface area contributed by atoms with Crippen LogP contribution >= 0.6 is 0 Å². The summed E-state index contributed by atoms with van der Waals surface area (Å²) in [5, 5.41) is 6.33. The van der Waals surface area contributed by atoms with Gasteiger partial charge in [0.1, 0.15) is 0 Å². The van der Waals surface area contributed by atoms with Crippen molar-refractivity contribution in [3.63, 3.8) is 0 Å². The Morgan fingerprint density at radius 2 is 2.14 bits per heavy atom. The zero-order chi connectivity index (χ0) is 15.2. The van der Waals surface area contributed by atoms with Crippen LogP contribution in [0.3, 0.4) is 0 Å². The Hall–Kier alpha value is -1.10. The molecule has 0 spiro atoms. The number of piperidine rings is 1. The molecule has 5 nitrogen and oxygen atoms in total. The number of hydrogen-bond acceptors (Lipinski definition) is 3. The SMILES string of the molecule is CCCC(C)NC(=O)C1CCCN(C(=O)C2CCNC2)C1. The maximum atomic E-state index is 12.4. The molecule has 21 heavy (non-hydrogen) atoms. The van der Waals surface area contributed by atoms with E-state index in [0.29, 0.717) is 6.54 Å². The maximum absolute atomic E-state index is 12.4. The lowest BCUT2D eigenvalue weighted by Crippen LogP contribution is -2.48. The summed E-state index contributed by atoms with van der Waals surface area (Å²) in [6.07, 6.45) is 4.85. The molecule has 0 bridgehead atoms. The monoisotopic (exact) mass is 295 g/mol. The fraction of sp³-hybridized carbons (Fsp3) is 0.875. The van der Waals surface area contributed by atoms with Crippen molar-refractivity contribution in [3.05, 3.63) is 0 Å². The fourth-order valence-electron chi connectivity index (χ4n) is 3.38. The third-order valence-electron chi connectivity index (χ3n) is 4.62. The molecule has 3 unspecified atom stereocenters. The van der Waals surface area contributed by atoms with Crippen LogP contribution in [0, 0.1) is 11.8 Å². The van der Waals surface area contributed by atoms with E-state index in [1.54, 1.807) is 0 Å². The standard InChI is InChI=1S/C16H29N3O2/c1-3-5-12(2)18-15(20)14-6-4-9-19(11-14)16(21)13-7-8-17-10-13/h12-14,17H,3-11H2,1-2H3,(H,18,20). The Kier molecular flexibility index (Phi) is 6.03. The number of rotatable bonds is 5. The molecule has 2 rings (SSSR count). The van der Waals surface area contributed by atoms with E-state index in [2.05, 4.69) is 24.5 Å². The number of carbonyl (C=O) groups excluding carboxylic acids is 2. The molecular weight excluding hydrogens is 266 g/mol. The molecule has 120 valence electrons. The Morgan fingerprint density at radius 1 is 1.33 bits per heavy atom. The van der Waals surface area contributed by atoms with Gasteiger partial charge in [0, 0.05) is 25.7 Å². The molecule has 5 heteroatoms. The minimum Gasteiger partial charge on any atom is -0.353 e. The highest BCUT2D eigenvalue weighted by Gasteiger charge is 2.33. The van der Waals surface area contributed by atoms with Crippen molar-refractivity contribution in [1.82, 2.24) is 15.5 Å². The first-order valence-corrected chi connectivity index (χ1v) is 8.41.